The fourth-order valence-corrected chi connectivity index (χ4v) is 5.98. The highest BCUT2D eigenvalue weighted by Crippen LogP contribution is 2.29. The normalized spacial score (nSPS) is 12.1. The maximum absolute atomic E-state index is 13.9. The van der Waals surface area contributed by atoms with Gasteiger partial charge in [-0.25, -0.2) is 8.42 Å². The van der Waals surface area contributed by atoms with Crippen LogP contribution in [0.25, 0.3) is 0 Å². The molecule has 1 N–H and O–H groups in total. The molecule has 39 heavy (non-hydrogen) atoms. The number of nitrogens with one attached hydrogen (secondary N) is 1. The van der Waals surface area contributed by atoms with Crippen molar-refractivity contribution in [2.75, 3.05) is 17.4 Å². The number of hydrogen-bond acceptors (Lipinski definition) is 4. The van der Waals surface area contributed by atoms with Gasteiger partial charge in [0.2, 0.25) is 11.8 Å². The summed E-state index contributed by atoms with van der Waals surface area (Å²) >= 11 is 12.3. The number of nitrogens with zero attached hydrogens (tertiary/aromatic N) is 2. The van der Waals surface area contributed by atoms with Crippen molar-refractivity contribution in [1.82, 2.24) is 10.2 Å². The molecule has 0 aromatic heterocycles. The van der Waals surface area contributed by atoms with E-state index in [1.807, 2.05) is 13.8 Å². The minimum atomic E-state index is -4.15. The van der Waals surface area contributed by atoms with E-state index in [4.69, 9.17) is 23.2 Å². The number of rotatable bonds is 11. The molecule has 0 aliphatic heterocycles. The lowest BCUT2D eigenvalue weighted by Crippen LogP contribution is -2.51. The van der Waals surface area contributed by atoms with E-state index >= 15 is 0 Å². The maximum atomic E-state index is 13.9. The monoisotopic (exact) mass is 589 g/mol. The fraction of sp³-hybridized carbons (Fsp3) is 0.310. The molecular formula is C29H33Cl2N3O4S. The second-order valence-electron chi connectivity index (χ2n) is 9.37. The van der Waals surface area contributed by atoms with Gasteiger partial charge in [0.1, 0.15) is 12.6 Å². The Kier molecular flexibility index (Phi) is 10.4. The Morgan fingerprint density at radius 3 is 2.23 bits per heavy atom. The number of aryl methyl sites for hydroxylation is 2. The van der Waals surface area contributed by atoms with E-state index in [-0.39, 0.29) is 17.3 Å². The van der Waals surface area contributed by atoms with Gasteiger partial charge in [-0.15, -0.1) is 0 Å². The van der Waals surface area contributed by atoms with E-state index in [1.165, 1.54) is 17.0 Å². The molecule has 0 radical (unpaired) electrons. The minimum absolute atomic E-state index is 0.0466. The number of carbonyl (C=O) groups is 2. The predicted molar refractivity (Wildman–Crippen MR) is 157 cm³/mol. The van der Waals surface area contributed by atoms with Crippen molar-refractivity contribution in [1.29, 1.82) is 0 Å². The minimum Gasteiger partial charge on any atom is -0.354 e. The summed E-state index contributed by atoms with van der Waals surface area (Å²) in [5.74, 6) is -0.873. The van der Waals surface area contributed by atoms with Gasteiger partial charge in [0, 0.05) is 23.1 Å². The predicted octanol–water partition coefficient (Wildman–Crippen LogP) is 5.75. The number of halogens is 2. The Bertz CT molecular complexity index is 1430. The number of benzene rings is 3. The number of carbonyl (C=O) groups excluding carboxylic acids is 2. The van der Waals surface area contributed by atoms with Crippen molar-refractivity contribution >= 4 is 50.7 Å². The third kappa shape index (κ3) is 7.75. The molecule has 10 heteroatoms. The molecule has 0 heterocycles. The van der Waals surface area contributed by atoms with Crippen LogP contribution in [0.4, 0.5) is 5.69 Å². The van der Waals surface area contributed by atoms with E-state index in [9.17, 15) is 18.0 Å². The van der Waals surface area contributed by atoms with E-state index in [2.05, 4.69) is 5.32 Å². The van der Waals surface area contributed by atoms with Crippen molar-refractivity contribution in [3.8, 4) is 0 Å². The summed E-state index contributed by atoms with van der Waals surface area (Å²) in [5.41, 5.74) is 2.51. The highest BCUT2D eigenvalue weighted by molar-refractivity contribution is 7.92. The third-order valence-corrected chi connectivity index (χ3v) is 8.52. The summed E-state index contributed by atoms with van der Waals surface area (Å²) in [6.07, 6.45) is 0.735. The molecule has 7 nitrogen and oxygen atoms in total. The second-order valence-corrected chi connectivity index (χ2v) is 12.1. The van der Waals surface area contributed by atoms with Crippen LogP contribution in [0.5, 0.6) is 0 Å². The molecule has 0 saturated carbocycles. The molecule has 0 fully saturated rings. The van der Waals surface area contributed by atoms with Crippen LogP contribution in [0, 0.1) is 13.8 Å². The zero-order valence-electron chi connectivity index (χ0n) is 22.4. The van der Waals surface area contributed by atoms with E-state index in [0.29, 0.717) is 33.4 Å². The third-order valence-electron chi connectivity index (χ3n) is 6.27. The molecule has 3 aromatic rings. The van der Waals surface area contributed by atoms with Gasteiger partial charge in [0.05, 0.1) is 10.6 Å². The molecular weight excluding hydrogens is 557 g/mol. The molecule has 0 aliphatic carbocycles. The number of sulfonamides is 1. The van der Waals surface area contributed by atoms with Crippen LogP contribution in [-0.2, 0) is 26.2 Å². The summed E-state index contributed by atoms with van der Waals surface area (Å²) in [7, 11) is -4.15. The van der Waals surface area contributed by atoms with E-state index in [0.717, 1.165) is 16.3 Å². The summed E-state index contributed by atoms with van der Waals surface area (Å²) in [6, 6.07) is 17.3. The Labute approximate surface area is 240 Å². The van der Waals surface area contributed by atoms with Gasteiger partial charge >= 0.3 is 0 Å². The maximum Gasteiger partial charge on any atom is 0.264 e. The van der Waals surface area contributed by atoms with Gasteiger partial charge in [-0.1, -0.05) is 60.0 Å². The molecule has 1 atom stereocenters. The van der Waals surface area contributed by atoms with Crippen LogP contribution in [0.2, 0.25) is 10.0 Å². The first-order chi connectivity index (χ1) is 18.4. The molecule has 0 saturated heterocycles. The topological polar surface area (TPSA) is 86.8 Å². The molecule has 0 bridgehead atoms. The van der Waals surface area contributed by atoms with E-state index in [1.54, 1.807) is 68.4 Å². The van der Waals surface area contributed by atoms with Crippen LogP contribution in [-0.4, -0.2) is 44.3 Å². The zero-order chi connectivity index (χ0) is 28.7. The van der Waals surface area contributed by atoms with Crippen LogP contribution in [0.3, 0.4) is 0 Å². The second kappa shape index (κ2) is 13.3. The van der Waals surface area contributed by atoms with Gasteiger partial charge in [-0.05, 0) is 80.8 Å². The number of anilines is 1. The van der Waals surface area contributed by atoms with Gasteiger partial charge in [-0.3, -0.25) is 13.9 Å². The van der Waals surface area contributed by atoms with Gasteiger partial charge in [0.15, 0.2) is 0 Å². The summed E-state index contributed by atoms with van der Waals surface area (Å²) < 4.78 is 28.9. The van der Waals surface area contributed by atoms with Crippen molar-refractivity contribution in [2.24, 2.45) is 0 Å². The highest BCUT2D eigenvalue weighted by atomic mass is 35.5. The van der Waals surface area contributed by atoms with Crippen LogP contribution in [0.15, 0.2) is 71.6 Å². The average Bonchev–Trinajstić information content (AvgIpc) is 2.89. The van der Waals surface area contributed by atoms with Gasteiger partial charge in [0.25, 0.3) is 10.0 Å². The molecule has 3 aromatic carbocycles. The number of hydrogen-bond donors (Lipinski definition) is 1. The van der Waals surface area contributed by atoms with Crippen molar-refractivity contribution in [3.63, 3.8) is 0 Å². The summed E-state index contributed by atoms with van der Waals surface area (Å²) in [4.78, 5) is 28.3. The highest BCUT2D eigenvalue weighted by Gasteiger charge is 2.33. The van der Waals surface area contributed by atoms with Gasteiger partial charge < -0.3 is 10.2 Å². The number of amides is 2. The first-order valence-electron chi connectivity index (χ1n) is 12.6. The molecule has 2 amide bonds. The lowest BCUT2D eigenvalue weighted by atomic mass is 10.1. The standard InChI is InChI=1S/C29H33Cl2N3O4S/c1-5-15-32-29(36)22(4)33(18-23-7-6-8-24(30)17-23)28(35)19-34(27-14-11-25(31)16-21(27)3)39(37,38)26-12-9-20(2)10-13-26/h6-14,16-17,22H,5,15,18-19H2,1-4H3,(H,32,36). The van der Waals surface area contributed by atoms with Crippen LogP contribution < -0.4 is 9.62 Å². The molecule has 0 spiro atoms. The van der Waals surface area contributed by atoms with Crippen molar-refractivity contribution < 1.29 is 18.0 Å². The molecule has 1 unspecified atom stereocenters. The van der Waals surface area contributed by atoms with Crippen molar-refractivity contribution in [3.05, 3.63) is 93.5 Å². The Balaban J connectivity index is 2.05. The SMILES string of the molecule is CCCNC(=O)C(C)N(Cc1cccc(Cl)c1)C(=O)CN(c1ccc(Cl)cc1C)S(=O)(=O)c1ccc(C)cc1. The molecule has 3 rings (SSSR count). The average molecular weight is 591 g/mol. The Morgan fingerprint density at radius 2 is 1.62 bits per heavy atom. The van der Waals surface area contributed by atoms with Crippen LogP contribution in [0.1, 0.15) is 37.0 Å². The van der Waals surface area contributed by atoms with E-state index < -0.39 is 28.5 Å². The molecule has 208 valence electrons. The fourth-order valence-electron chi connectivity index (χ4n) is 4.06. The van der Waals surface area contributed by atoms with Crippen molar-refractivity contribution in [2.45, 2.75) is 51.6 Å². The molecule has 0 aliphatic rings. The largest absolute Gasteiger partial charge is 0.354 e. The Hall–Kier alpha value is -3.07. The first-order valence-corrected chi connectivity index (χ1v) is 14.8. The van der Waals surface area contributed by atoms with Gasteiger partial charge in [-0.2, -0.15) is 0 Å². The van der Waals surface area contributed by atoms with Crippen LogP contribution >= 0.6 is 23.2 Å². The summed E-state index contributed by atoms with van der Waals surface area (Å²) in [6.45, 7) is 7.15. The lowest BCUT2D eigenvalue weighted by molar-refractivity contribution is -0.139. The quantitative estimate of drug-likeness (QED) is 0.308. The first kappa shape index (κ1) is 30.5. The summed E-state index contributed by atoms with van der Waals surface area (Å²) in [5, 5.41) is 3.75. The smallest absolute Gasteiger partial charge is 0.264 e. The zero-order valence-corrected chi connectivity index (χ0v) is 24.8. The Morgan fingerprint density at radius 1 is 0.949 bits per heavy atom. The lowest BCUT2D eigenvalue weighted by Gasteiger charge is -2.32.